The molecule has 20 heavy (non-hydrogen) atoms. The van der Waals surface area contributed by atoms with Gasteiger partial charge in [-0.1, -0.05) is 37.8 Å². The number of benzene rings is 1. The van der Waals surface area contributed by atoms with Crippen LogP contribution in [0, 0.1) is 11.7 Å². The highest BCUT2D eigenvalue weighted by Gasteiger charge is 2.24. The summed E-state index contributed by atoms with van der Waals surface area (Å²) in [5, 5.41) is 4.38. The minimum absolute atomic E-state index is 0.184. The second-order valence-corrected chi connectivity index (χ2v) is 6.31. The minimum Gasteiger partial charge on any atom is -0.314 e. The van der Waals surface area contributed by atoms with Gasteiger partial charge in [-0.15, -0.1) is 0 Å². The maximum atomic E-state index is 13.4. The lowest BCUT2D eigenvalue weighted by Crippen LogP contribution is -2.37. The van der Waals surface area contributed by atoms with Crippen LogP contribution in [-0.2, 0) is 6.42 Å². The molecule has 0 aromatic heterocycles. The lowest BCUT2D eigenvalue weighted by molar-refractivity contribution is 0.332. The lowest BCUT2D eigenvalue weighted by atomic mass is 9.88. The van der Waals surface area contributed by atoms with Crippen LogP contribution in [0.25, 0.3) is 0 Å². The van der Waals surface area contributed by atoms with Crippen molar-refractivity contribution in [2.75, 3.05) is 6.54 Å². The van der Waals surface area contributed by atoms with Gasteiger partial charge in [0.2, 0.25) is 0 Å². The molecule has 0 spiro atoms. The van der Waals surface area contributed by atoms with Crippen molar-refractivity contribution in [1.82, 2.24) is 5.32 Å². The molecule has 2 rings (SSSR count). The van der Waals surface area contributed by atoms with Crippen molar-refractivity contribution in [1.29, 1.82) is 0 Å². The van der Waals surface area contributed by atoms with Crippen LogP contribution in [0.4, 0.5) is 4.39 Å². The van der Waals surface area contributed by atoms with E-state index in [2.05, 4.69) is 12.2 Å². The molecular weight excluding hydrogens is 273 g/mol. The van der Waals surface area contributed by atoms with Gasteiger partial charge in [0.25, 0.3) is 0 Å². The smallest absolute Gasteiger partial charge is 0.123 e. The molecule has 1 aromatic carbocycles. The Balaban J connectivity index is 2.08. The predicted octanol–water partition coefficient (Wildman–Crippen LogP) is 4.97. The van der Waals surface area contributed by atoms with Crippen LogP contribution in [-0.4, -0.2) is 12.6 Å². The van der Waals surface area contributed by atoms with Crippen LogP contribution >= 0.6 is 11.6 Å². The van der Waals surface area contributed by atoms with Gasteiger partial charge in [-0.3, -0.25) is 0 Å². The Labute approximate surface area is 126 Å². The quantitative estimate of drug-likeness (QED) is 0.757. The van der Waals surface area contributed by atoms with Crippen LogP contribution in [0.15, 0.2) is 18.2 Å². The highest BCUT2D eigenvalue weighted by molar-refractivity contribution is 6.31. The third kappa shape index (κ3) is 4.46. The highest BCUT2D eigenvalue weighted by atomic mass is 35.5. The normalized spacial score (nSPS) is 23.6. The first-order valence-electron chi connectivity index (χ1n) is 7.88. The number of hydrogen-bond donors (Lipinski definition) is 1. The van der Waals surface area contributed by atoms with Crippen molar-refractivity contribution in [3.8, 4) is 0 Å². The summed E-state index contributed by atoms with van der Waals surface area (Å²) in [6.45, 7) is 3.26. The average Bonchev–Trinajstić information content (AvgIpc) is 2.66. The molecule has 1 fully saturated rings. The fourth-order valence-electron chi connectivity index (χ4n) is 3.21. The maximum Gasteiger partial charge on any atom is 0.123 e. The Morgan fingerprint density at radius 3 is 2.85 bits per heavy atom. The zero-order valence-corrected chi connectivity index (χ0v) is 13.1. The highest BCUT2D eigenvalue weighted by Crippen LogP contribution is 2.29. The molecule has 0 saturated heterocycles. The van der Waals surface area contributed by atoms with Gasteiger partial charge in [0.1, 0.15) is 5.82 Å². The molecule has 0 radical (unpaired) electrons. The zero-order chi connectivity index (χ0) is 14.4. The van der Waals surface area contributed by atoms with E-state index in [-0.39, 0.29) is 5.82 Å². The number of halogens is 2. The van der Waals surface area contributed by atoms with Crippen molar-refractivity contribution < 1.29 is 4.39 Å². The summed E-state index contributed by atoms with van der Waals surface area (Å²) in [6, 6.07) is 5.27. The van der Waals surface area contributed by atoms with Crippen LogP contribution in [0.2, 0.25) is 5.02 Å². The molecule has 0 heterocycles. The van der Waals surface area contributed by atoms with Crippen LogP contribution < -0.4 is 5.32 Å². The molecule has 1 saturated carbocycles. The molecule has 1 nitrogen and oxygen atoms in total. The third-order valence-electron chi connectivity index (χ3n) is 4.31. The van der Waals surface area contributed by atoms with Gasteiger partial charge < -0.3 is 5.32 Å². The third-order valence-corrected chi connectivity index (χ3v) is 4.67. The number of nitrogens with one attached hydrogen (secondary N) is 1. The number of rotatable bonds is 5. The van der Waals surface area contributed by atoms with Crippen molar-refractivity contribution in [3.63, 3.8) is 0 Å². The van der Waals surface area contributed by atoms with Crippen LogP contribution in [0.3, 0.4) is 0 Å². The Kier molecular flexibility index (Phi) is 6.31. The molecule has 0 amide bonds. The van der Waals surface area contributed by atoms with E-state index in [0.717, 1.165) is 24.9 Å². The first-order valence-corrected chi connectivity index (χ1v) is 8.25. The van der Waals surface area contributed by atoms with Gasteiger partial charge in [0, 0.05) is 11.1 Å². The molecular formula is C17H25ClFN. The molecule has 1 aliphatic rings. The van der Waals surface area contributed by atoms with Crippen molar-refractivity contribution in [3.05, 3.63) is 34.6 Å². The molecule has 112 valence electrons. The summed E-state index contributed by atoms with van der Waals surface area (Å²) in [4.78, 5) is 0. The van der Waals surface area contributed by atoms with E-state index < -0.39 is 0 Å². The largest absolute Gasteiger partial charge is 0.314 e. The van der Waals surface area contributed by atoms with E-state index >= 15 is 0 Å². The topological polar surface area (TPSA) is 12.0 Å². The van der Waals surface area contributed by atoms with Crippen molar-refractivity contribution >= 4 is 11.6 Å². The molecule has 0 aliphatic heterocycles. The summed E-state index contributed by atoms with van der Waals surface area (Å²) < 4.78 is 13.4. The summed E-state index contributed by atoms with van der Waals surface area (Å²) in [5.41, 5.74) is 0.960. The SMILES string of the molecule is CCCNC1CCCCCC1Cc1cc(F)ccc1Cl. The van der Waals surface area contributed by atoms with E-state index in [9.17, 15) is 4.39 Å². The summed E-state index contributed by atoms with van der Waals surface area (Å²) in [7, 11) is 0. The Bertz CT molecular complexity index is 421. The summed E-state index contributed by atoms with van der Waals surface area (Å²) in [6.07, 6.45) is 8.39. The van der Waals surface area contributed by atoms with E-state index in [1.165, 1.54) is 38.2 Å². The van der Waals surface area contributed by atoms with Gasteiger partial charge in [0.15, 0.2) is 0 Å². The first kappa shape index (κ1) is 15.8. The van der Waals surface area contributed by atoms with Gasteiger partial charge in [-0.25, -0.2) is 4.39 Å². The van der Waals surface area contributed by atoms with Gasteiger partial charge in [0.05, 0.1) is 0 Å². The molecule has 2 unspecified atom stereocenters. The van der Waals surface area contributed by atoms with Crippen molar-refractivity contribution in [2.45, 2.75) is 57.9 Å². The summed E-state index contributed by atoms with van der Waals surface area (Å²) >= 11 is 6.22. The van der Waals surface area contributed by atoms with E-state index in [4.69, 9.17) is 11.6 Å². The molecule has 0 bridgehead atoms. The second-order valence-electron chi connectivity index (χ2n) is 5.90. The second kappa shape index (κ2) is 7.99. The maximum absolute atomic E-state index is 13.4. The minimum atomic E-state index is -0.184. The first-order chi connectivity index (χ1) is 9.70. The van der Waals surface area contributed by atoms with Crippen molar-refractivity contribution in [2.24, 2.45) is 5.92 Å². The van der Waals surface area contributed by atoms with E-state index in [0.29, 0.717) is 17.0 Å². The fraction of sp³-hybridized carbons (Fsp3) is 0.647. The predicted molar refractivity (Wildman–Crippen MR) is 83.8 cm³/mol. The van der Waals surface area contributed by atoms with E-state index in [1.807, 2.05) is 0 Å². The zero-order valence-electron chi connectivity index (χ0n) is 12.3. The number of hydrogen-bond acceptors (Lipinski definition) is 1. The van der Waals surface area contributed by atoms with E-state index in [1.54, 1.807) is 12.1 Å². The standard InChI is InChI=1S/C17H25ClFN/c1-2-10-20-17-7-5-3-4-6-13(17)11-14-12-15(19)8-9-16(14)18/h8-9,12-13,17,20H,2-7,10-11H2,1H3. The van der Waals surface area contributed by atoms with Gasteiger partial charge in [-0.05, 0) is 61.9 Å². The fourth-order valence-corrected chi connectivity index (χ4v) is 3.40. The molecule has 1 aliphatic carbocycles. The molecule has 1 aromatic rings. The Hall–Kier alpha value is -0.600. The van der Waals surface area contributed by atoms with Gasteiger partial charge in [-0.2, -0.15) is 0 Å². The van der Waals surface area contributed by atoms with Gasteiger partial charge >= 0.3 is 0 Å². The monoisotopic (exact) mass is 297 g/mol. The summed E-state index contributed by atoms with van der Waals surface area (Å²) in [5.74, 6) is 0.388. The molecule has 1 N–H and O–H groups in total. The Morgan fingerprint density at radius 2 is 2.05 bits per heavy atom. The molecule has 2 atom stereocenters. The lowest BCUT2D eigenvalue weighted by Gasteiger charge is -2.26. The Morgan fingerprint density at radius 1 is 1.25 bits per heavy atom. The average molecular weight is 298 g/mol. The molecule has 3 heteroatoms. The van der Waals surface area contributed by atoms with Crippen LogP contribution in [0.1, 0.15) is 51.0 Å². The van der Waals surface area contributed by atoms with Crippen LogP contribution in [0.5, 0.6) is 0 Å².